The van der Waals surface area contributed by atoms with Gasteiger partial charge in [0.05, 0.1) is 0 Å². The standard InChI is InChI=1S/C6H7NO.C6H6O2/c7-5-2-1-3-6(8)4-5;7-5-1-2-6(8)4-3-5/h1-4,8H,7H2;1-4,7-8H. The van der Waals surface area contributed by atoms with Gasteiger partial charge in [0.15, 0.2) is 0 Å². The van der Waals surface area contributed by atoms with Crippen LogP contribution >= 0.6 is 0 Å². The van der Waals surface area contributed by atoms with Gasteiger partial charge >= 0.3 is 0 Å². The van der Waals surface area contributed by atoms with Crippen molar-refractivity contribution in [1.29, 1.82) is 0 Å². The normalized spacial score (nSPS) is 9.00. The summed E-state index contributed by atoms with van der Waals surface area (Å²) in [5.74, 6) is 0.551. The fourth-order valence-electron chi connectivity index (χ4n) is 0.977. The van der Waals surface area contributed by atoms with Gasteiger partial charge in [-0.05, 0) is 36.4 Å². The van der Waals surface area contributed by atoms with Crippen molar-refractivity contribution in [3.8, 4) is 17.2 Å². The van der Waals surface area contributed by atoms with Gasteiger partial charge in [0.25, 0.3) is 0 Å². The summed E-state index contributed by atoms with van der Waals surface area (Å²) in [4.78, 5) is 0. The highest BCUT2D eigenvalue weighted by molar-refractivity contribution is 5.42. The molecule has 84 valence electrons. The van der Waals surface area contributed by atoms with E-state index in [0.29, 0.717) is 5.69 Å². The summed E-state index contributed by atoms with van der Waals surface area (Å²) >= 11 is 0. The minimum atomic E-state index is 0.169. The molecule has 2 aromatic rings. The largest absolute Gasteiger partial charge is 0.508 e. The zero-order valence-corrected chi connectivity index (χ0v) is 8.54. The summed E-state index contributed by atoms with van der Waals surface area (Å²) < 4.78 is 0. The van der Waals surface area contributed by atoms with Crippen LogP contribution in [0.4, 0.5) is 5.69 Å². The smallest absolute Gasteiger partial charge is 0.117 e. The Labute approximate surface area is 93.2 Å². The molecule has 4 heteroatoms. The van der Waals surface area contributed by atoms with Gasteiger partial charge in [-0.25, -0.2) is 0 Å². The summed E-state index contributed by atoms with van der Waals surface area (Å²) in [6, 6.07) is 12.2. The van der Waals surface area contributed by atoms with Crippen LogP contribution in [0.15, 0.2) is 48.5 Å². The first-order valence-corrected chi connectivity index (χ1v) is 4.60. The van der Waals surface area contributed by atoms with E-state index in [4.69, 9.17) is 21.1 Å². The SMILES string of the molecule is Nc1cccc(O)c1.Oc1ccc(O)cc1. The molecule has 0 fully saturated rings. The zero-order chi connectivity index (χ0) is 12.0. The molecule has 0 atom stereocenters. The first-order valence-electron chi connectivity index (χ1n) is 4.60. The van der Waals surface area contributed by atoms with E-state index in [1.807, 2.05) is 0 Å². The Morgan fingerprint density at radius 3 is 1.50 bits per heavy atom. The van der Waals surface area contributed by atoms with Gasteiger partial charge in [-0.15, -0.1) is 0 Å². The molecular weight excluding hydrogens is 206 g/mol. The number of benzene rings is 2. The Hall–Kier alpha value is -2.36. The molecule has 0 aliphatic carbocycles. The van der Waals surface area contributed by atoms with Gasteiger partial charge in [0.1, 0.15) is 17.2 Å². The quantitative estimate of drug-likeness (QED) is 0.403. The van der Waals surface area contributed by atoms with Crippen LogP contribution in [0, 0.1) is 0 Å². The maximum absolute atomic E-state index is 8.73. The van der Waals surface area contributed by atoms with Gasteiger partial charge in [0, 0.05) is 11.8 Å². The van der Waals surface area contributed by atoms with Crippen LogP contribution in [0.25, 0.3) is 0 Å². The third-order valence-corrected chi connectivity index (χ3v) is 1.72. The molecular formula is C12H13NO3. The third-order valence-electron chi connectivity index (χ3n) is 1.72. The summed E-state index contributed by atoms with van der Waals surface area (Å²) in [6.07, 6.45) is 0. The van der Waals surface area contributed by atoms with E-state index in [-0.39, 0.29) is 17.2 Å². The molecule has 0 aliphatic heterocycles. The number of phenols is 3. The number of anilines is 1. The van der Waals surface area contributed by atoms with Crippen LogP contribution in [-0.4, -0.2) is 15.3 Å². The molecule has 0 spiro atoms. The lowest BCUT2D eigenvalue weighted by molar-refractivity contribution is 0.460. The van der Waals surface area contributed by atoms with Crippen LogP contribution < -0.4 is 5.73 Å². The van der Waals surface area contributed by atoms with E-state index >= 15 is 0 Å². The summed E-state index contributed by atoms with van der Waals surface area (Å²) in [5, 5.41) is 26.0. The molecule has 0 amide bonds. The minimum Gasteiger partial charge on any atom is -0.508 e. The molecule has 0 radical (unpaired) electrons. The van der Waals surface area contributed by atoms with Gasteiger partial charge < -0.3 is 21.1 Å². The Bertz CT molecular complexity index is 402. The number of nitrogens with two attached hydrogens (primary N) is 1. The molecule has 0 saturated heterocycles. The predicted octanol–water partition coefficient (Wildman–Crippen LogP) is 2.07. The van der Waals surface area contributed by atoms with Crippen molar-refractivity contribution in [2.24, 2.45) is 0 Å². The van der Waals surface area contributed by atoms with E-state index in [2.05, 4.69) is 0 Å². The van der Waals surface area contributed by atoms with E-state index in [1.165, 1.54) is 30.3 Å². The van der Waals surface area contributed by atoms with Crippen LogP contribution in [-0.2, 0) is 0 Å². The van der Waals surface area contributed by atoms with E-state index in [0.717, 1.165) is 0 Å². The van der Waals surface area contributed by atoms with Crippen LogP contribution in [0.1, 0.15) is 0 Å². The second-order valence-corrected chi connectivity index (χ2v) is 3.11. The number of rotatable bonds is 0. The lowest BCUT2D eigenvalue weighted by atomic mass is 10.3. The molecule has 2 rings (SSSR count). The Kier molecular flexibility index (Phi) is 4.03. The molecule has 16 heavy (non-hydrogen) atoms. The highest BCUT2D eigenvalue weighted by Crippen LogP contribution is 2.13. The average molecular weight is 219 g/mol. The van der Waals surface area contributed by atoms with Gasteiger partial charge in [-0.3, -0.25) is 0 Å². The number of phenolic OH excluding ortho intramolecular Hbond substituents is 3. The molecule has 4 nitrogen and oxygen atoms in total. The number of aromatic hydroxyl groups is 3. The maximum atomic E-state index is 8.73. The van der Waals surface area contributed by atoms with E-state index < -0.39 is 0 Å². The highest BCUT2D eigenvalue weighted by Gasteiger charge is 1.84. The fourth-order valence-corrected chi connectivity index (χ4v) is 0.977. The first kappa shape index (κ1) is 11.7. The third kappa shape index (κ3) is 4.23. The second-order valence-electron chi connectivity index (χ2n) is 3.11. The Morgan fingerprint density at radius 1 is 0.688 bits per heavy atom. The zero-order valence-electron chi connectivity index (χ0n) is 8.54. The summed E-state index contributed by atoms with van der Waals surface area (Å²) in [5.41, 5.74) is 5.89. The van der Waals surface area contributed by atoms with Crippen LogP contribution in [0.3, 0.4) is 0 Å². The molecule has 0 heterocycles. The fraction of sp³-hybridized carbons (Fsp3) is 0. The highest BCUT2D eigenvalue weighted by atomic mass is 16.3. The summed E-state index contributed by atoms with van der Waals surface area (Å²) in [7, 11) is 0. The lowest BCUT2D eigenvalue weighted by Crippen LogP contribution is -1.80. The molecule has 0 unspecified atom stereocenters. The predicted molar refractivity (Wildman–Crippen MR) is 62.3 cm³/mol. The van der Waals surface area contributed by atoms with Crippen molar-refractivity contribution >= 4 is 5.69 Å². The number of hydrogen-bond donors (Lipinski definition) is 4. The van der Waals surface area contributed by atoms with Gasteiger partial charge in [-0.2, -0.15) is 0 Å². The van der Waals surface area contributed by atoms with Crippen molar-refractivity contribution in [3.05, 3.63) is 48.5 Å². The molecule has 0 saturated carbocycles. The Morgan fingerprint density at radius 2 is 1.19 bits per heavy atom. The number of nitrogen functional groups attached to an aromatic ring is 1. The topological polar surface area (TPSA) is 86.7 Å². The maximum Gasteiger partial charge on any atom is 0.117 e. The first-order chi connectivity index (χ1) is 7.58. The molecule has 0 aliphatic rings. The van der Waals surface area contributed by atoms with E-state index in [9.17, 15) is 0 Å². The summed E-state index contributed by atoms with van der Waals surface area (Å²) in [6.45, 7) is 0. The lowest BCUT2D eigenvalue weighted by Gasteiger charge is -1.90. The average Bonchev–Trinajstić information content (AvgIpc) is 2.23. The molecule has 2 aromatic carbocycles. The van der Waals surface area contributed by atoms with Crippen molar-refractivity contribution in [3.63, 3.8) is 0 Å². The minimum absolute atomic E-state index is 0.169. The van der Waals surface area contributed by atoms with Crippen LogP contribution in [0.2, 0.25) is 0 Å². The molecule has 0 bridgehead atoms. The van der Waals surface area contributed by atoms with Crippen molar-refractivity contribution < 1.29 is 15.3 Å². The van der Waals surface area contributed by atoms with E-state index in [1.54, 1.807) is 18.2 Å². The Balaban J connectivity index is 0.000000160. The van der Waals surface area contributed by atoms with Gasteiger partial charge in [-0.1, -0.05) is 6.07 Å². The monoisotopic (exact) mass is 219 g/mol. The number of hydrogen-bond acceptors (Lipinski definition) is 4. The van der Waals surface area contributed by atoms with Crippen molar-refractivity contribution in [2.45, 2.75) is 0 Å². The van der Waals surface area contributed by atoms with Crippen molar-refractivity contribution in [2.75, 3.05) is 5.73 Å². The molecule has 5 N–H and O–H groups in total. The van der Waals surface area contributed by atoms with Crippen LogP contribution in [0.5, 0.6) is 17.2 Å². The second kappa shape index (κ2) is 5.50. The van der Waals surface area contributed by atoms with Gasteiger partial charge in [0.2, 0.25) is 0 Å². The molecule has 0 aromatic heterocycles. The van der Waals surface area contributed by atoms with Crippen molar-refractivity contribution in [1.82, 2.24) is 0 Å².